The zero-order valence-corrected chi connectivity index (χ0v) is 20.7. The molecule has 186 valence electrons. The van der Waals surface area contributed by atoms with Crippen LogP contribution in [0.1, 0.15) is 80.3 Å². The lowest BCUT2D eigenvalue weighted by Gasteiger charge is -2.18. The molecule has 9 nitrogen and oxygen atoms in total. The number of H-pyrrole nitrogens is 1. The minimum Gasteiger partial charge on any atom is -0.290 e. The van der Waals surface area contributed by atoms with E-state index in [2.05, 4.69) is 38.7 Å². The number of nitrogens with one attached hydrogen (secondary N) is 1. The number of benzene rings is 1. The summed E-state index contributed by atoms with van der Waals surface area (Å²) >= 11 is 0. The third-order valence-corrected chi connectivity index (χ3v) is 6.89. The smallest absolute Gasteiger partial charge is 0.217 e. The van der Waals surface area contributed by atoms with E-state index in [-0.39, 0.29) is 11.7 Å². The zero-order valence-electron chi connectivity index (χ0n) is 20.7. The summed E-state index contributed by atoms with van der Waals surface area (Å²) in [5, 5.41) is 19.1. The summed E-state index contributed by atoms with van der Waals surface area (Å²) in [6, 6.07) is 11.9. The third-order valence-electron chi connectivity index (χ3n) is 6.89. The maximum Gasteiger partial charge on any atom is 0.217 e. The van der Waals surface area contributed by atoms with Crippen molar-refractivity contribution in [3.63, 3.8) is 0 Å². The van der Waals surface area contributed by atoms with Crippen molar-refractivity contribution in [2.24, 2.45) is 5.92 Å². The van der Waals surface area contributed by atoms with Crippen molar-refractivity contribution < 1.29 is 4.79 Å². The first-order chi connectivity index (χ1) is 17.7. The number of carbonyl (C=O) groups is 1. The Morgan fingerprint density at radius 2 is 1.89 bits per heavy atom. The van der Waals surface area contributed by atoms with Crippen LogP contribution >= 0.6 is 0 Å². The fourth-order valence-electron chi connectivity index (χ4n) is 4.90. The molecular weight excluding hydrogens is 452 g/mol. The van der Waals surface area contributed by atoms with Crippen LogP contribution in [0.2, 0.25) is 0 Å². The van der Waals surface area contributed by atoms with Crippen LogP contribution < -0.4 is 0 Å². The van der Waals surface area contributed by atoms with Crippen LogP contribution in [0.5, 0.6) is 0 Å². The quantitative estimate of drug-likeness (QED) is 0.247. The van der Waals surface area contributed by atoms with Gasteiger partial charge in [0.05, 0.1) is 12.2 Å². The van der Waals surface area contributed by atoms with Crippen LogP contribution in [0.3, 0.4) is 0 Å². The highest BCUT2D eigenvalue weighted by Gasteiger charge is 2.26. The van der Waals surface area contributed by atoms with Gasteiger partial charge in [-0.1, -0.05) is 69.4 Å². The fraction of sp³-hybridized carbons (Fsp3) is 0.444. The lowest BCUT2D eigenvalue weighted by atomic mass is 9.86. The molecule has 0 aliphatic heterocycles. The number of ketones is 1. The molecule has 36 heavy (non-hydrogen) atoms. The van der Waals surface area contributed by atoms with Crippen molar-refractivity contribution >= 4 is 5.78 Å². The maximum absolute atomic E-state index is 13.1. The number of rotatable bonds is 10. The molecule has 1 aliphatic carbocycles. The molecule has 0 bridgehead atoms. The van der Waals surface area contributed by atoms with Crippen LogP contribution in [0, 0.1) is 5.92 Å². The first-order valence-corrected chi connectivity index (χ1v) is 13.0. The summed E-state index contributed by atoms with van der Waals surface area (Å²) in [6.07, 6.45) is 11.4. The lowest BCUT2D eigenvalue weighted by Crippen LogP contribution is -2.19. The van der Waals surface area contributed by atoms with Gasteiger partial charge >= 0.3 is 0 Å². The van der Waals surface area contributed by atoms with Gasteiger partial charge in [-0.15, -0.1) is 15.3 Å². The third kappa shape index (κ3) is 5.40. The molecule has 9 heteroatoms. The number of aryl methyl sites for hydroxylation is 1. The number of nitrogens with zero attached hydrogens (tertiary/aromatic N) is 7. The van der Waals surface area contributed by atoms with E-state index in [0.717, 1.165) is 79.6 Å². The molecular formula is C27H32N8O. The monoisotopic (exact) mass is 484 g/mol. The number of hydrogen-bond donors (Lipinski definition) is 1. The van der Waals surface area contributed by atoms with E-state index in [1.165, 1.54) is 6.42 Å². The number of unbranched alkanes of at least 4 members (excludes halogenated alkanes) is 2. The van der Waals surface area contributed by atoms with Crippen molar-refractivity contribution in [1.29, 1.82) is 0 Å². The molecule has 0 unspecified atom stereocenters. The van der Waals surface area contributed by atoms with Crippen LogP contribution in [0.25, 0.3) is 22.6 Å². The molecule has 1 aromatic carbocycles. The largest absolute Gasteiger partial charge is 0.290 e. The maximum atomic E-state index is 13.1. The summed E-state index contributed by atoms with van der Waals surface area (Å²) in [7, 11) is 0. The van der Waals surface area contributed by atoms with Gasteiger partial charge in [0, 0.05) is 29.7 Å². The molecule has 1 aliphatic rings. The van der Waals surface area contributed by atoms with Gasteiger partial charge in [0.2, 0.25) is 17.4 Å². The Hall–Kier alpha value is -3.75. The van der Waals surface area contributed by atoms with Gasteiger partial charge in [-0.2, -0.15) is 5.21 Å². The molecule has 1 fully saturated rings. The van der Waals surface area contributed by atoms with Crippen molar-refractivity contribution in [3.8, 4) is 22.6 Å². The molecule has 5 rings (SSSR count). The van der Waals surface area contributed by atoms with Crippen LogP contribution in [-0.2, 0) is 13.0 Å². The van der Waals surface area contributed by atoms with Crippen LogP contribution in [-0.4, -0.2) is 46.2 Å². The fourth-order valence-corrected chi connectivity index (χ4v) is 4.90. The molecule has 0 radical (unpaired) electrons. The van der Waals surface area contributed by atoms with Gasteiger partial charge < -0.3 is 0 Å². The van der Waals surface area contributed by atoms with Crippen molar-refractivity contribution in [3.05, 3.63) is 59.8 Å². The minimum absolute atomic E-state index is 0.0679. The summed E-state index contributed by atoms with van der Waals surface area (Å²) in [5.41, 5.74) is 3.64. The van der Waals surface area contributed by atoms with Gasteiger partial charge in [0.25, 0.3) is 0 Å². The average molecular weight is 485 g/mol. The highest BCUT2D eigenvalue weighted by atomic mass is 16.1. The highest BCUT2D eigenvalue weighted by Crippen LogP contribution is 2.29. The van der Waals surface area contributed by atoms with Crippen LogP contribution in [0.15, 0.2) is 42.6 Å². The summed E-state index contributed by atoms with van der Waals surface area (Å²) < 4.78 is 1.90. The number of hydrogen-bond acceptors (Lipinski definition) is 7. The summed E-state index contributed by atoms with van der Waals surface area (Å²) in [4.78, 5) is 22.6. The molecule has 4 aromatic rings. The standard InChI is InChI=1S/C27H32N8O/c1-2-3-5-14-24-29-27(25(36)20-10-6-4-7-11-20)32-35(24)18-19-15-16-23(28-17-19)21-12-8-9-13-22(21)26-30-33-34-31-26/h8-9,12-13,15-17,20H,2-7,10-11,14,18H2,1H3,(H,30,31,33,34). The van der Waals surface area contributed by atoms with E-state index < -0.39 is 0 Å². The number of Topliss-reactive ketones (excluding diaryl/α,β-unsaturated/α-hetero) is 1. The van der Waals surface area contributed by atoms with Crippen molar-refractivity contribution in [2.75, 3.05) is 0 Å². The number of carbonyl (C=O) groups excluding carboxylic acids is 1. The van der Waals surface area contributed by atoms with Gasteiger partial charge in [-0.25, -0.2) is 9.67 Å². The second-order valence-corrected chi connectivity index (χ2v) is 9.50. The van der Waals surface area contributed by atoms with Gasteiger partial charge in [0.15, 0.2) is 0 Å². The first-order valence-electron chi connectivity index (χ1n) is 13.0. The SMILES string of the molecule is CCCCCc1nc(C(=O)C2CCCCC2)nn1Cc1ccc(-c2ccccc2-c2nn[nH]n2)nc1. The normalized spacial score (nSPS) is 14.2. The topological polar surface area (TPSA) is 115 Å². The number of pyridine rings is 1. The van der Waals surface area contributed by atoms with E-state index in [1.807, 2.05) is 41.2 Å². The second kappa shape index (κ2) is 11.3. The summed E-state index contributed by atoms with van der Waals surface area (Å²) in [5.74, 6) is 1.97. The predicted molar refractivity (Wildman–Crippen MR) is 136 cm³/mol. The van der Waals surface area contributed by atoms with Crippen LogP contribution in [0.4, 0.5) is 0 Å². The Bertz CT molecular complexity index is 1270. The Balaban J connectivity index is 1.37. The average Bonchev–Trinajstić information content (AvgIpc) is 3.60. The number of aromatic nitrogens is 8. The Morgan fingerprint density at radius 1 is 1.06 bits per heavy atom. The van der Waals surface area contributed by atoms with Crippen molar-refractivity contribution in [1.82, 2.24) is 40.4 Å². The lowest BCUT2D eigenvalue weighted by molar-refractivity contribution is 0.0878. The van der Waals surface area contributed by atoms with E-state index in [0.29, 0.717) is 18.2 Å². The predicted octanol–water partition coefficient (Wildman–Crippen LogP) is 5.06. The second-order valence-electron chi connectivity index (χ2n) is 9.50. The Labute approximate surface area is 210 Å². The molecule has 0 spiro atoms. The zero-order chi connectivity index (χ0) is 24.7. The van der Waals surface area contributed by atoms with Gasteiger partial charge in [-0.3, -0.25) is 9.78 Å². The van der Waals surface area contributed by atoms with E-state index in [4.69, 9.17) is 9.97 Å². The van der Waals surface area contributed by atoms with Crippen molar-refractivity contribution in [2.45, 2.75) is 71.3 Å². The minimum atomic E-state index is 0.0679. The molecule has 3 aromatic heterocycles. The number of tetrazole rings is 1. The van der Waals surface area contributed by atoms with E-state index in [1.54, 1.807) is 0 Å². The molecule has 0 saturated heterocycles. The van der Waals surface area contributed by atoms with Gasteiger partial charge in [-0.05, 0) is 36.1 Å². The molecule has 0 amide bonds. The van der Waals surface area contributed by atoms with E-state index in [9.17, 15) is 4.79 Å². The highest BCUT2D eigenvalue weighted by molar-refractivity contribution is 5.94. The molecule has 1 N–H and O–H groups in total. The first kappa shape index (κ1) is 24.0. The molecule has 1 saturated carbocycles. The molecule has 3 heterocycles. The summed E-state index contributed by atoms with van der Waals surface area (Å²) in [6.45, 7) is 2.72. The molecule has 0 atom stereocenters. The Kier molecular flexibility index (Phi) is 7.54. The Morgan fingerprint density at radius 3 is 2.61 bits per heavy atom. The van der Waals surface area contributed by atoms with Gasteiger partial charge in [0.1, 0.15) is 5.82 Å². The van der Waals surface area contributed by atoms with E-state index >= 15 is 0 Å². The number of aromatic amines is 1.